The van der Waals surface area contributed by atoms with Crippen LogP contribution in [0.3, 0.4) is 0 Å². The second kappa shape index (κ2) is 8.67. The van der Waals surface area contributed by atoms with Crippen LogP contribution in [0, 0.1) is 0 Å². The number of ether oxygens (including phenoxy) is 4. The fourth-order valence-electron chi connectivity index (χ4n) is 4.10. The van der Waals surface area contributed by atoms with Crippen LogP contribution in [0.2, 0.25) is 0 Å². The van der Waals surface area contributed by atoms with Crippen LogP contribution in [-0.2, 0) is 24.2 Å². The number of nitrogens with one attached hydrogen (secondary N) is 1. The van der Waals surface area contributed by atoms with E-state index in [0.29, 0.717) is 29.4 Å². The summed E-state index contributed by atoms with van der Waals surface area (Å²) in [6, 6.07) is 11.6. The van der Waals surface area contributed by atoms with Gasteiger partial charge in [-0.05, 0) is 36.7 Å². The second-order valence-electron chi connectivity index (χ2n) is 7.07. The summed E-state index contributed by atoms with van der Waals surface area (Å²) in [7, 11) is 4.55. The third kappa shape index (κ3) is 3.57. The van der Waals surface area contributed by atoms with Crippen LogP contribution < -0.4 is 19.5 Å². The van der Waals surface area contributed by atoms with E-state index in [0.717, 1.165) is 19.5 Å². The number of carbonyl (C=O) groups excluding carboxylic acids is 1. The first-order valence-electron chi connectivity index (χ1n) is 9.94. The van der Waals surface area contributed by atoms with Gasteiger partial charge in [-0.25, -0.2) is 4.79 Å². The number of nitrogens with zero attached hydrogens (tertiary/aromatic N) is 1. The molecule has 2 aromatic carbocycles. The quantitative estimate of drug-likeness (QED) is 0.604. The predicted octanol–water partition coefficient (Wildman–Crippen LogP) is 3.17. The maximum Gasteiger partial charge on any atom is 0.338 e. The highest BCUT2D eigenvalue weighted by molar-refractivity contribution is 5.91. The first-order valence-corrected chi connectivity index (χ1v) is 9.94. The zero-order chi connectivity index (χ0) is 21.1. The standard InChI is InChI=1S/C23H26N2O5/c1-27-20-12-15(13-21(28-2)22(20)29-3)23(26)30-11-10-25-18-7-5-4-6-16(18)17-8-9-24-14-19(17)25/h4-7,12-13,24H,8-11,14H2,1-3H3. The number of carbonyl (C=O) groups is 1. The zero-order valence-corrected chi connectivity index (χ0v) is 17.5. The maximum atomic E-state index is 12.7. The Balaban J connectivity index is 1.52. The molecule has 0 saturated carbocycles. The van der Waals surface area contributed by atoms with Crippen molar-refractivity contribution in [1.82, 2.24) is 9.88 Å². The van der Waals surface area contributed by atoms with Crippen LogP contribution >= 0.6 is 0 Å². The molecule has 0 saturated heterocycles. The molecule has 4 rings (SSSR count). The first-order chi connectivity index (χ1) is 14.7. The molecule has 0 aliphatic carbocycles. The minimum atomic E-state index is -0.433. The van der Waals surface area contributed by atoms with Crippen molar-refractivity contribution in [3.8, 4) is 17.2 Å². The lowest BCUT2D eigenvalue weighted by Crippen LogP contribution is -2.25. The molecule has 2 heterocycles. The maximum absolute atomic E-state index is 12.7. The molecular weight excluding hydrogens is 384 g/mol. The Labute approximate surface area is 175 Å². The summed E-state index contributed by atoms with van der Waals surface area (Å²) in [5.74, 6) is 0.841. The van der Waals surface area contributed by atoms with Gasteiger partial charge in [-0.15, -0.1) is 0 Å². The number of rotatable bonds is 7. The minimum Gasteiger partial charge on any atom is -0.493 e. The fourth-order valence-corrected chi connectivity index (χ4v) is 4.10. The SMILES string of the molecule is COc1cc(C(=O)OCCn2c3c(c4ccccc42)CCNC3)cc(OC)c1OC. The average molecular weight is 410 g/mol. The number of hydrogen-bond donors (Lipinski definition) is 1. The monoisotopic (exact) mass is 410 g/mol. The molecule has 0 radical (unpaired) electrons. The molecule has 0 bridgehead atoms. The van der Waals surface area contributed by atoms with E-state index in [4.69, 9.17) is 18.9 Å². The lowest BCUT2D eigenvalue weighted by atomic mass is 10.1. The van der Waals surface area contributed by atoms with Crippen LogP contribution in [0.15, 0.2) is 36.4 Å². The summed E-state index contributed by atoms with van der Waals surface area (Å²) in [6.45, 7) is 2.66. The molecule has 0 unspecified atom stereocenters. The third-order valence-electron chi connectivity index (χ3n) is 5.49. The number of methoxy groups -OCH3 is 3. The first kappa shape index (κ1) is 20.1. The zero-order valence-electron chi connectivity index (χ0n) is 17.5. The van der Waals surface area contributed by atoms with E-state index in [1.165, 1.54) is 43.5 Å². The van der Waals surface area contributed by atoms with Gasteiger partial charge in [0.2, 0.25) is 5.75 Å². The third-order valence-corrected chi connectivity index (χ3v) is 5.49. The van der Waals surface area contributed by atoms with Gasteiger partial charge in [0, 0.05) is 23.1 Å². The Morgan fingerprint density at radius 1 is 1.07 bits per heavy atom. The van der Waals surface area contributed by atoms with Crippen molar-refractivity contribution in [2.24, 2.45) is 0 Å². The Morgan fingerprint density at radius 3 is 2.50 bits per heavy atom. The number of benzene rings is 2. The number of esters is 1. The van der Waals surface area contributed by atoms with Crippen LogP contribution in [-0.4, -0.2) is 45.0 Å². The van der Waals surface area contributed by atoms with Crippen LogP contribution in [0.25, 0.3) is 10.9 Å². The molecule has 1 aliphatic rings. The molecular formula is C23H26N2O5. The molecule has 158 valence electrons. The van der Waals surface area contributed by atoms with Gasteiger partial charge in [0.05, 0.1) is 33.4 Å². The molecule has 30 heavy (non-hydrogen) atoms. The van der Waals surface area contributed by atoms with Crippen LogP contribution in [0.5, 0.6) is 17.2 Å². The summed E-state index contributed by atoms with van der Waals surface area (Å²) in [5, 5.41) is 4.72. The van der Waals surface area contributed by atoms with Gasteiger partial charge in [0.25, 0.3) is 0 Å². The van der Waals surface area contributed by atoms with Crippen molar-refractivity contribution in [1.29, 1.82) is 0 Å². The molecule has 1 aliphatic heterocycles. The molecule has 7 heteroatoms. The van der Waals surface area contributed by atoms with Gasteiger partial charge in [0.15, 0.2) is 11.5 Å². The van der Waals surface area contributed by atoms with E-state index < -0.39 is 5.97 Å². The minimum absolute atomic E-state index is 0.264. The van der Waals surface area contributed by atoms with Crippen molar-refractivity contribution in [2.75, 3.05) is 34.5 Å². The number of aromatic nitrogens is 1. The Hall–Kier alpha value is -3.19. The lowest BCUT2D eigenvalue weighted by Gasteiger charge is -2.17. The second-order valence-corrected chi connectivity index (χ2v) is 7.07. The highest BCUT2D eigenvalue weighted by Gasteiger charge is 2.21. The van der Waals surface area contributed by atoms with Gasteiger partial charge in [-0.3, -0.25) is 0 Å². The van der Waals surface area contributed by atoms with Crippen molar-refractivity contribution < 1.29 is 23.7 Å². The largest absolute Gasteiger partial charge is 0.493 e. The Morgan fingerprint density at radius 2 is 1.80 bits per heavy atom. The van der Waals surface area contributed by atoms with E-state index in [1.807, 2.05) is 6.07 Å². The molecule has 1 aromatic heterocycles. The van der Waals surface area contributed by atoms with Crippen molar-refractivity contribution in [2.45, 2.75) is 19.5 Å². The molecule has 0 fully saturated rings. The van der Waals surface area contributed by atoms with Gasteiger partial charge in [0.1, 0.15) is 6.61 Å². The van der Waals surface area contributed by atoms with Crippen molar-refractivity contribution in [3.05, 3.63) is 53.2 Å². The number of fused-ring (bicyclic) bond motifs is 3. The summed E-state index contributed by atoms with van der Waals surface area (Å²) in [6.07, 6.45) is 1.01. The Bertz CT molecular complexity index is 1050. The highest BCUT2D eigenvalue weighted by atomic mass is 16.5. The van der Waals surface area contributed by atoms with E-state index in [-0.39, 0.29) is 6.61 Å². The summed E-state index contributed by atoms with van der Waals surface area (Å²) < 4.78 is 23.8. The van der Waals surface area contributed by atoms with Crippen molar-refractivity contribution >= 4 is 16.9 Å². The topological polar surface area (TPSA) is 71.0 Å². The summed E-state index contributed by atoms with van der Waals surface area (Å²) >= 11 is 0. The van der Waals surface area contributed by atoms with Gasteiger partial charge in [-0.1, -0.05) is 18.2 Å². The lowest BCUT2D eigenvalue weighted by molar-refractivity contribution is 0.0490. The fraction of sp³-hybridized carbons (Fsp3) is 0.348. The summed E-state index contributed by atoms with van der Waals surface area (Å²) in [5.41, 5.74) is 4.19. The van der Waals surface area contributed by atoms with E-state index in [1.54, 1.807) is 12.1 Å². The van der Waals surface area contributed by atoms with Gasteiger partial charge < -0.3 is 28.8 Å². The molecule has 3 aromatic rings. The molecule has 0 atom stereocenters. The van der Waals surface area contributed by atoms with Crippen LogP contribution in [0.4, 0.5) is 0 Å². The highest BCUT2D eigenvalue weighted by Crippen LogP contribution is 2.38. The molecule has 0 amide bonds. The smallest absolute Gasteiger partial charge is 0.338 e. The predicted molar refractivity (Wildman–Crippen MR) is 114 cm³/mol. The molecule has 7 nitrogen and oxygen atoms in total. The number of hydrogen-bond acceptors (Lipinski definition) is 6. The van der Waals surface area contributed by atoms with E-state index in [9.17, 15) is 4.79 Å². The van der Waals surface area contributed by atoms with E-state index >= 15 is 0 Å². The normalized spacial score (nSPS) is 13.0. The Kier molecular flexibility index (Phi) is 5.81. The average Bonchev–Trinajstić information content (AvgIpc) is 3.12. The number of para-hydroxylation sites is 1. The van der Waals surface area contributed by atoms with E-state index in [2.05, 4.69) is 28.1 Å². The van der Waals surface area contributed by atoms with Gasteiger partial charge >= 0.3 is 5.97 Å². The molecule has 1 N–H and O–H groups in total. The van der Waals surface area contributed by atoms with Gasteiger partial charge in [-0.2, -0.15) is 0 Å². The van der Waals surface area contributed by atoms with Crippen molar-refractivity contribution in [3.63, 3.8) is 0 Å². The molecule has 0 spiro atoms. The van der Waals surface area contributed by atoms with Crippen LogP contribution in [0.1, 0.15) is 21.6 Å². The summed E-state index contributed by atoms with van der Waals surface area (Å²) in [4.78, 5) is 12.7.